The number of aliphatic hydroxyl groups is 1. The van der Waals surface area contributed by atoms with Crippen LogP contribution in [0.3, 0.4) is 0 Å². The summed E-state index contributed by atoms with van der Waals surface area (Å²) in [6.45, 7) is 5.17. The second-order valence-corrected chi connectivity index (χ2v) is 4.19. The van der Waals surface area contributed by atoms with Gasteiger partial charge in [0.2, 0.25) is 11.7 Å². The molecule has 96 valence electrons. The van der Waals surface area contributed by atoms with Crippen molar-refractivity contribution in [3.8, 4) is 0 Å². The van der Waals surface area contributed by atoms with E-state index in [0.29, 0.717) is 31.3 Å². The summed E-state index contributed by atoms with van der Waals surface area (Å²) in [4.78, 5) is 4.34. The molecule has 1 aliphatic rings. The largest absolute Gasteiger partial charge is 0.392 e. The van der Waals surface area contributed by atoms with Gasteiger partial charge in [-0.05, 0) is 19.8 Å². The first-order chi connectivity index (χ1) is 8.24. The van der Waals surface area contributed by atoms with Crippen LogP contribution in [0.4, 0.5) is 0 Å². The third-order valence-corrected chi connectivity index (χ3v) is 2.89. The number of ether oxygens (including phenoxy) is 1. The van der Waals surface area contributed by atoms with E-state index in [1.807, 2.05) is 13.8 Å². The first-order valence-electron chi connectivity index (χ1n) is 6.11. The Morgan fingerprint density at radius 2 is 2.41 bits per heavy atom. The first kappa shape index (κ1) is 12.5. The predicted octanol–water partition coefficient (Wildman–Crippen LogP) is 0.952. The molecule has 1 unspecified atom stereocenters. The van der Waals surface area contributed by atoms with Crippen molar-refractivity contribution in [2.75, 3.05) is 13.2 Å². The van der Waals surface area contributed by atoms with E-state index in [9.17, 15) is 5.11 Å². The Morgan fingerprint density at radius 3 is 3.00 bits per heavy atom. The molecule has 0 radical (unpaired) electrons. The quantitative estimate of drug-likeness (QED) is 0.799. The second-order valence-electron chi connectivity index (χ2n) is 4.19. The summed E-state index contributed by atoms with van der Waals surface area (Å²) in [5.41, 5.74) is 0. The highest BCUT2D eigenvalue weighted by Gasteiger charge is 2.29. The van der Waals surface area contributed by atoms with E-state index in [2.05, 4.69) is 15.5 Å². The fourth-order valence-electron chi connectivity index (χ4n) is 2.00. The summed E-state index contributed by atoms with van der Waals surface area (Å²) in [5.74, 6) is 1.13. The van der Waals surface area contributed by atoms with Crippen molar-refractivity contribution in [3.63, 3.8) is 0 Å². The van der Waals surface area contributed by atoms with Crippen molar-refractivity contribution in [3.05, 3.63) is 11.7 Å². The number of hydrogen-bond acceptors (Lipinski definition) is 6. The smallest absolute Gasteiger partial charge is 0.243 e. The molecule has 1 fully saturated rings. The summed E-state index contributed by atoms with van der Waals surface area (Å²) >= 11 is 0. The molecule has 0 spiro atoms. The van der Waals surface area contributed by atoms with Gasteiger partial charge in [0.25, 0.3) is 0 Å². The van der Waals surface area contributed by atoms with Gasteiger partial charge in [0.1, 0.15) is 6.10 Å². The fourth-order valence-corrected chi connectivity index (χ4v) is 2.00. The highest BCUT2D eigenvalue weighted by atomic mass is 16.5. The van der Waals surface area contributed by atoms with Crippen LogP contribution in [-0.2, 0) is 4.74 Å². The van der Waals surface area contributed by atoms with Crippen LogP contribution < -0.4 is 5.32 Å². The maximum absolute atomic E-state index is 9.43. The number of nitrogens with one attached hydrogen (secondary N) is 1. The molecular formula is C11H19N3O3. The molecule has 0 saturated carbocycles. The van der Waals surface area contributed by atoms with Gasteiger partial charge in [-0.2, -0.15) is 4.98 Å². The molecule has 1 aliphatic heterocycles. The molecule has 3 atom stereocenters. The molecule has 2 heterocycles. The zero-order valence-corrected chi connectivity index (χ0v) is 10.2. The third kappa shape index (κ3) is 2.83. The van der Waals surface area contributed by atoms with Crippen LogP contribution in [0.5, 0.6) is 0 Å². The second kappa shape index (κ2) is 5.57. The monoisotopic (exact) mass is 241 g/mol. The summed E-state index contributed by atoms with van der Waals surface area (Å²) in [5, 5.41) is 16.5. The Labute approximate surface area is 100 Å². The normalized spacial score (nSPS) is 26.3. The van der Waals surface area contributed by atoms with Crippen LogP contribution in [-0.4, -0.2) is 34.5 Å². The van der Waals surface area contributed by atoms with Crippen molar-refractivity contribution in [1.82, 2.24) is 15.5 Å². The lowest BCUT2D eigenvalue weighted by Crippen LogP contribution is -2.15. The average Bonchev–Trinajstić information content (AvgIpc) is 2.94. The van der Waals surface area contributed by atoms with Gasteiger partial charge >= 0.3 is 0 Å². The van der Waals surface area contributed by atoms with Crippen LogP contribution in [0.15, 0.2) is 4.52 Å². The van der Waals surface area contributed by atoms with Gasteiger partial charge < -0.3 is 19.7 Å². The molecule has 2 rings (SSSR count). The molecule has 1 saturated heterocycles. The van der Waals surface area contributed by atoms with Gasteiger partial charge in [0, 0.05) is 13.2 Å². The average molecular weight is 241 g/mol. The predicted molar refractivity (Wildman–Crippen MR) is 60.3 cm³/mol. The number of nitrogens with zero attached hydrogens (tertiary/aromatic N) is 2. The lowest BCUT2D eigenvalue weighted by atomic mass is 10.2. The highest BCUT2D eigenvalue weighted by molar-refractivity contribution is 4.99. The van der Waals surface area contributed by atoms with E-state index in [1.165, 1.54) is 0 Å². The van der Waals surface area contributed by atoms with E-state index in [1.54, 1.807) is 0 Å². The van der Waals surface area contributed by atoms with Crippen LogP contribution >= 0.6 is 0 Å². The molecule has 6 nitrogen and oxygen atoms in total. The Morgan fingerprint density at radius 1 is 1.59 bits per heavy atom. The molecule has 1 aromatic heterocycles. The lowest BCUT2D eigenvalue weighted by molar-refractivity contribution is 0.0518. The topological polar surface area (TPSA) is 80.4 Å². The lowest BCUT2D eigenvalue weighted by Gasteiger charge is -2.09. The Bertz CT molecular complexity index is 337. The van der Waals surface area contributed by atoms with Crippen LogP contribution in [0.1, 0.15) is 50.6 Å². The molecule has 1 aromatic rings. The van der Waals surface area contributed by atoms with E-state index in [-0.39, 0.29) is 18.2 Å². The SMILES string of the molecule is CCOC(CC)c1noc([C@H]2C[C@H](O)CN2)n1. The van der Waals surface area contributed by atoms with Crippen molar-refractivity contribution in [1.29, 1.82) is 0 Å². The molecule has 0 bridgehead atoms. The highest BCUT2D eigenvalue weighted by Crippen LogP contribution is 2.24. The minimum Gasteiger partial charge on any atom is -0.392 e. The molecule has 17 heavy (non-hydrogen) atoms. The number of rotatable bonds is 5. The molecule has 0 aliphatic carbocycles. The van der Waals surface area contributed by atoms with Crippen molar-refractivity contribution in [2.45, 2.75) is 44.9 Å². The van der Waals surface area contributed by atoms with Crippen molar-refractivity contribution in [2.24, 2.45) is 0 Å². The van der Waals surface area contributed by atoms with E-state index < -0.39 is 0 Å². The van der Waals surface area contributed by atoms with Gasteiger partial charge in [-0.25, -0.2) is 0 Å². The van der Waals surface area contributed by atoms with E-state index in [4.69, 9.17) is 9.26 Å². The minimum absolute atomic E-state index is 0.0367. The zero-order chi connectivity index (χ0) is 12.3. The van der Waals surface area contributed by atoms with Gasteiger partial charge in [0.05, 0.1) is 12.1 Å². The van der Waals surface area contributed by atoms with E-state index in [0.717, 1.165) is 6.42 Å². The summed E-state index contributed by atoms with van der Waals surface area (Å²) < 4.78 is 10.7. The molecule has 6 heteroatoms. The van der Waals surface area contributed by atoms with Crippen LogP contribution in [0.25, 0.3) is 0 Å². The molecular weight excluding hydrogens is 222 g/mol. The summed E-state index contributed by atoms with van der Waals surface area (Å²) in [6.07, 6.45) is 0.994. The Hall–Kier alpha value is -0.980. The number of aromatic nitrogens is 2. The van der Waals surface area contributed by atoms with Crippen molar-refractivity contribution < 1.29 is 14.4 Å². The van der Waals surface area contributed by atoms with Crippen LogP contribution in [0, 0.1) is 0 Å². The van der Waals surface area contributed by atoms with Crippen LogP contribution in [0.2, 0.25) is 0 Å². The summed E-state index contributed by atoms with van der Waals surface area (Å²) in [7, 11) is 0. The number of β-amino-alcohol motifs (C(OH)–C–C–N with tert-alkyl or cyclic N) is 1. The molecule has 0 amide bonds. The summed E-state index contributed by atoms with van der Waals surface area (Å²) in [6, 6.07) is -0.0367. The number of aliphatic hydroxyl groups excluding tert-OH is 1. The maximum Gasteiger partial charge on any atom is 0.243 e. The Balaban J connectivity index is 2.04. The first-order valence-corrected chi connectivity index (χ1v) is 6.11. The Kier molecular flexibility index (Phi) is 4.09. The minimum atomic E-state index is -0.329. The van der Waals surface area contributed by atoms with Crippen molar-refractivity contribution >= 4 is 0 Å². The fraction of sp³-hybridized carbons (Fsp3) is 0.818. The van der Waals surface area contributed by atoms with Gasteiger partial charge in [-0.15, -0.1) is 0 Å². The van der Waals surface area contributed by atoms with E-state index >= 15 is 0 Å². The molecule has 2 N–H and O–H groups in total. The maximum atomic E-state index is 9.43. The number of hydrogen-bond donors (Lipinski definition) is 2. The van der Waals surface area contributed by atoms with Gasteiger partial charge in [0.15, 0.2) is 0 Å². The standard InChI is InChI=1S/C11H19N3O3/c1-3-9(16-4-2)10-13-11(17-14-10)8-5-7(15)6-12-8/h7-9,12,15H,3-6H2,1-2H3/t7-,8+,9?/m0/s1. The molecule has 0 aromatic carbocycles. The van der Waals surface area contributed by atoms with Gasteiger partial charge in [-0.3, -0.25) is 0 Å². The zero-order valence-electron chi connectivity index (χ0n) is 10.2. The third-order valence-electron chi connectivity index (χ3n) is 2.89. The van der Waals surface area contributed by atoms with Gasteiger partial charge in [-0.1, -0.05) is 12.1 Å².